The standard InChI is InChI=1S/C27H30N4O2/c1-26-12-10-18(27(16-26)30-23-9-5-3-7-20(23)24(32)31-27)14-21(26)25(33)28-13-11-17-15-29-22-8-4-2-6-19(17)22/h2-9,15,18,21,29-30H,10-14,16H2,1H3,(H,28,33)(H,31,32)/t18-,21-,26+,27+/m1/s1. The van der Waals surface area contributed by atoms with E-state index in [1.807, 2.05) is 42.6 Å². The summed E-state index contributed by atoms with van der Waals surface area (Å²) in [7, 11) is 0. The summed E-state index contributed by atoms with van der Waals surface area (Å²) in [5.74, 6) is 0.348. The highest BCUT2D eigenvalue weighted by molar-refractivity contribution is 6.02. The summed E-state index contributed by atoms with van der Waals surface area (Å²) in [6.07, 6.45) is 6.45. The number of rotatable bonds is 4. The molecule has 4 N–H and O–H groups in total. The number of aromatic nitrogens is 1. The molecule has 3 aliphatic carbocycles. The second-order valence-corrected chi connectivity index (χ2v) is 10.4. The van der Waals surface area contributed by atoms with E-state index in [1.165, 1.54) is 10.9 Å². The van der Waals surface area contributed by atoms with E-state index in [0.717, 1.165) is 43.3 Å². The van der Waals surface area contributed by atoms with Crippen molar-refractivity contribution in [3.63, 3.8) is 0 Å². The van der Waals surface area contributed by atoms with E-state index in [-0.39, 0.29) is 29.1 Å². The molecule has 1 spiro atoms. The first-order valence-corrected chi connectivity index (χ1v) is 12.0. The van der Waals surface area contributed by atoms with E-state index >= 15 is 0 Å². The average molecular weight is 443 g/mol. The topological polar surface area (TPSA) is 86.0 Å². The lowest BCUT2D eigenvalue weighted by molar-refractivity contribution is -0.139. The first kappa shape index (κ1) is 20.3. The highest BCUT2D eigenvalue weighted by Gasteiger charge is 2.60. The van der Waals surface area contributed by atoms with Gasteiger partial charge in [-0.15, -0.1) is 0 Å². The van der Waals surface area contributed by atoms with E-state index in [9.17, 15) is 9.59 Å². The number of benzene rings is 2. The van der Waals surface area contributed by atoms with Gasteiger partial charge in [0.05, 0.1) is 5.56 Å². The lowest BCUT2D eigenvalue weighted by Crippen LogP contribution is -2.70. The molecule has 3 fully saturated rings. The Balaban J connectivity index is 1.15. The van der Waals surface area contributed by atoms with Crippen molar-refractivity contribution in [1.29, 1.82) is 0 Å². The number of anilines is 1. The number of hydrogen-bond acceptors (Lipinski definition) is 3. The maximum Gasteiger partial charge on any atom is 0.255 e. The largest absolute Gasteiger partial charge is 0.362 e. The molecule has 33 heavy (non-hydrogen) atoms. The van der Waals surface area contributed by atoms with Crippen molar-refractivity contribution in [1.82, 2.24) is 15.6 Å². The average Bonchev–Trinajstić information content (AvgIpc) is 3.22. The molecule has 7 rings (SSSR count). The number of carbonyl (C=O) groups is 2. The monoisotopic (exact) mass is 442 g/mol. The molecule has 4 atom stereocenters. The first-order chi connectivity index (χ1) is 16.0. The fraction of sp³-hybridized carbons (Fsp3) is 0.407. The zero-order valence-corrected chi connectivity index (χ0v) is 18.9. The molecule has 0 unspecified atom stereocenters. The first-order valence-electron chi connectivity index (χ1n) is 12.0. The predicted molar refractivity (Wildman–Crippen MR) is 129 cm³/mol. The van der Waals surface area contributed by atoms with Crippen molar-refractivity contribution >= 4 is 28.4 Å². The maximum absolute atomic E-state index is 13.3. The number of amides is 2. The number of para-hydroxylation sites is 2. The molecule has 2 amide bonds. The van der Waals surface area contributed by atoms with Crippen LogP contribution in [0.4, 0.5) is 5.69 Å². The van der Waals surface area contributed by atoms with Crippen molar-refractivity contribution in [3.8, 4) is 0 Å². The maximum atomic E-state index is 13.3. The number of hydrogen-bond donors (Lipinski definition) is 4. The smallest absolute Gasteiger partial charge is 0.255 e. The molecular formula is C27H30N4O2. The third-order valence-electron chi connectivity index (χ3n) is 8.36. The van der Waals surface area contributed by atoms with E-state index in [0.29, 0.717) is 12.1 Å². The molecule has 1 aliphatic heterocycles. The van der Waals surface area contributed by atoms with Gasteiger partial charge in [-0.3, -0.25) is 9.59 Å². The van der Waals surface area contributed by atoms with Crippen molar-refractivity contribution < 1.29 is 9.59 Å². The van der Waals surface area contributed by atoms with Crippen molar-refractivity contribution in [2.24, 2.45) is 17.3 Å². The molecule has 2 bridgehead atoms. The third-order valence-corrected chi connectivity index (χ3v) is 8.36. The summed E-state index contributed by atoms with van der Waals surface area (Å²) in [5, 5.41) is 11.4. The molecule has 3 saturated carbocycles. The molecular weight excluding hydrogens is 412 g/mol. The lowest BCUT2D eigenvalue weighted by atomic mass is 9.51. The van der Waals surface area contributed by atoms with Crippen LogP contribution in [0.3, 0.4) is 0 Å². The highest BCUT2D eigenvalue weighted by atomic mass is 16.2. The van der Waals surface area contributed by atoms with Gasteiger partial charge in [-0.2, -0.15) is 0 Å². The fourth-order valence-electron chi connectivity index (χ4n) is 6.64. The minimum atomic E-state index is -0.459. The van der Waals surface area contributed by atoms with Crippen LogP contribution in [-0.4, -0.2) is 29.0 Å². The zero-order chi connectivity index (χ0) is 22.6. The van der Waals surface area contributed by atoms with Gasteiger partial charge in [0.1, 0.15) is 5.66 Å². The summed E-state index contributed by atoms with van der Waals surface area (Å²) in [6.45, 7) is 2.85. The molecule has 3 aromatic rings. The summed E-state index contributed by atoms with van der Waals surface area (Å²) in [5.41, 5.74) is 3.35. The number of aromatic amines is 1. The van der Waals surface area contributed by atoms with Gasteiger partial charge in [0.15, 0.2) is 0 Å². The molecule has 4 aliphatic rings. The number of nitrogens with one attached hydrogen (secondary N) is 4. The second-order valence-electron chi connectivity index (χ2n) is 10.4. The van der Waals surface area contributed by atoms with Crippen LogP contribution in [0.25, 0.3) is 10.9 Å². The van der Waals surface area contributed by atoms with Crippen LogP contribution in [0.1, 0.15) is 48.5 Å². The Morgan fingerprint density at radius 1 is 1.12 bits per heavy atom. The van der Waals surface area contributed by atoms with Crippen LogP contribution in [0.2, 0.25) is 0 Å². The zero-order valence-electron chi connectivity index (χ0n) is 18.9. The number of fused-ring (bicyclic) bond motifs is 4. The molecule has 6 nitrogen and oxygen atoms in total. The fourth-order valence-corrected chi connectivity index (χ4v) is 6.64. The molecule has 1 aromatic heterocycles. The van der Waals surface area contributed by atoms with Crippen molar-refractivity contribution in [2.75, 3.05) is 11.9 Å². The van der Waals surface area contributed by atoms with Crippen LogP contribution < -0.4 is 16.0 Å². The van der Waals surface area contributed by atoms with Gasteiger partial charge in [0.2, 0.25) is 5.91 Å². The van der Waals surface area contributed by atoms with Gasteiger partial charge in [-0.25, -0.2) is 0 Å². The normalized spacial score (nSPS) is 30.0. The minimum Gasteiger partial charge on any atom is -0.362 e. The van der Waals surface area contributed by atoms with Gasteiger partial charge < -0.3 is 20.9 Å². The summed E-state index contributed by atoms with van der Waals surface area (Å²) >= 11 is 0. The Morgan fingerprint density at radius 2 is 1.94 bits per heavy atom. The molecule has 170 valence electrons. The molecule has 6 heteroatoms. The summed E-state index contributed by atoms with van der Waals surface area (Å²) < 4.78 is 0. The van der Waals surface area contributed by atoms with E-state index in [4.69, 9.17) is 0 Å². The second kappa shape index (κ2) is 7.37. The van der Waals surface area contributed by atoms with E-state index < -0.39 is 5.66 Å². The Bertz CT molecular complexity index is 1250. The Hall–Kier alpha value is -3.28. The van der Waals surface area contributed by atoms with Crippen molar-refractivity contribution in [3.05, 3.63) is 65.9 Å². The Kier molecular flexibility index (Phi) is 4.54. The molecule has 2 aromatic carbocycles. The Labute approximate surface area is 193 Å². The Morgan fingerprint density at radius 3 is 2.82 bits per heavy atom. The van der Waals surface area contributed by atoms with E-state index in [2.05, 4.69) is 40.0 Å². The molecule has 0 radical (unpaired) electrons. The predicted octanol–water partition coefficient (Wildman–Crippen LogP) is 4.20. The third kappa shape index (κ3) is 3.23. The summed E-state index contributed by atoms with van der Waals surface area (Å²) in [4.78, 5) is 29.5. The number of carbonyl (C=O) groups excluding carboxylic acids is 2. The molecule has 2 heterocycles. The van der Waals surface area contributed by atoms with Crippen LogP contribution in [0.5, 0.6) is 0 Å². The van der Waals surface area contributed by atoms with Crippen LogP contribution in [-0.2, 0) is 11.2 Å². The van der Waals surface area contributed by atoms with Crippen LogP contribution >= 0.6 is 0 Å². The number of H-pyrrole nitrogens is 1. The van der Waals surface area contributed by atoms with E-state index in [1.54, 1.807) is 0 Å². The van der Waals surface area contributed by atoms with Gasteiger partial charge >= 0.3 is 0 Å². The van der Waals surface area contributed by atoms with Crippen molar-refractivity contribution in [2.45, 2.75) is 44.7 Å². The SMILES string of the molecule is C[C@@]12CC[C@H](C[C@@H]1C(=O)NCCc1c[nH]c3ccccc13)[C@]1(C2)NC(=O)c2ccccc2N1. The lowest BCUT2D eigenvalue weighted by Gasteiger charge is -2.60. The summed E-state index contributed by atoms with van der Waals surface area (Å²) in [6, 6.07) is 16.0. The quantitative estimate of drug-likeness (QED) is 0.488. The van der Waals surface area contributed by atoms with Crippen LogP contribution in [0, 0.1) is 17.3 Å². The van der Waals surface area contributed by atoms with Crippen LogP contribution in [0.15, 0.2) is 54.7 Å². The van der Waals surface area contributed by atoms with Gasteiger partial charge in [0, 0.05) is 41.2 Å². The van der Waals surface area contributed by atoms with Gasteiger partial charge in [0.25, 0.3) is 5.91 Å². The van der Waals surface area contributed by atoms with Gasteiger partial charge in [-0.1, -0.05) is 37.3 Å². The minimum absolute atomic E-state index is 0.0137. The van der Waals surface area contributed by atoms with Gasteiger partial charge in [-0.05, 0) is 61.3 Å². The molecule has 0 saturated heterocycles. The highest BCUT2D eigenvalue weighted by Crippen LogP contribution is 2.58.